The Kier molecular flexibility index (Phi) is 3.04. The molecule has 19 heavy (non-hydrogen) atoms. The van der Waals surface area contributed by atoms with E-state index in [1.165, 1.54) is 0 Å². The zero-order chi connectivity index (χ0) is 13.2. The first-order chi connectivity index (χ1) is 9.22. The van der Waals surface area contributed by atoms with Crippen LogP contribution in [-0.4, -0.2) is 26.6 Å². The van der Waals surface area contributed by atoms with E-state index in [1.807, 2.05) is 30.3 Å². The van der Waals surface area contributed by atoms with E-state index in [4.69, 9.17) is 4.42 Å². The summed E-state index contributed by atoms with van der Waals surface area (Å²) >= 11 is 0.946. The molecule has 0 unspecified atom stereocenters. The first-order valence-corrected chi connectivity index (χ1v) is 6.49. The third-order valence-corrected chi connectivity index (χ3v) is 3.60. The molecule has 2 aromatic rings. The van der Waals surface area contributed by atoms with Crippen molar-refractivity contribution < 1.29 is 14.0 Å². The average Bonchev–Trinajstić information content (AvgIpc) is 2.99. The summed E-state index contributed by atoms with van der Waals surface area (Å²) in [5.41, 5.74) is 0.820. The van der Waals surface area contributed by atoms with Crippen molar-refractivity contribution in [3.05, 3.63) is 36.2 Å². The van der Waals surface area contributed by atoms with Crippen molar-refractivity contribution in [2.75, 3.05) is 0 Å². The van der Waals surface area contributed by atoms with Crippen molar-refractivity contribution in [2.45, 2.75) is 11.7 Å². The maximum atomic E-state index is 11.4. The first kappa shape index (κ1) is 11.9. The van der Waals surface area contributed by atoms with E-state index in [0.29, 0.717) is 11.8 Å². The molecule has 0 radical (unpaired) electrons. The summed E-state index contributed by atoms with van der Waals surface area (Å²) in [6.45, 7) is 0. The predicted molar refractivity (Wildman–Crippen MR) is 68.4 cm³/mol. The standard InChI is InChI=1S/C12H9N3O3S/c16-10-8(19-12(17)13-10)6-9-14-15-11(18-9)7-4-2-1-3-5-7/h1-5,8H,6H2,(H,13,16,17)/t8-/m0/s1. The minimum absolute atomic E-state index is 0.252. The molecule has 96 valence electrons. The number of amides is 2. The summed E-state index contributed by atoms with van der Waals surface area (Å²) in [6, 6.07) is 9.36. The second kappa shape index (κ2) is 4.85. The fraction of sp³-hybridized carbons (Fsp3) is 0.167. The van der Waals surface area contributed by atoms with Gasteiger partial charge >= 0.3 is 0 Å². The van der Waals surface area contributed by atoms with Gasteiger partial charge in [0.1, 0.15) is 5.25 Å². The molecule has 3 rings (SSSR count). The summed E-state index contributed by atoms with van der Waals surface area (Å²) < 4.78 is 5.49. The van der Waals surface area contributed by atoms with Gasteiger partial charge in [-0.3, -0.25) is 14.9 Å². The number of carbonyl (C=O) groups excluding carboxylic acids is 2. The van der Waals surface area contributed by atoms with E-state index in [1.54, 1.807) is 0 Å². The third kappa shape index (κ3) is 2.50. The van der Waals surface area contributed by atoms with Crippen LogP contribution in [0, 0.1) is 0 Å². The smallest absolute Gasteiger partial charge is 0.286 e. The number of hydrogen-bond acceptors (Lipinski definition) is 6. The van der Waals surface area contributed by atoms with E-state index in [-0.39, 0.29) is 17.6 Å². The minimum atomic E-state index is -0.489. The maximum Gasteiger partial charge on any atom is 0.286 e. The van der Waals surface area contributed by atoms with E-state index < -0.39 is 5.25 Å². The molecule has 1 N–H and O–H groups in total. The summed E-state index contributed by atoms with van der Waals surface area (Å²) in [7, 11) is 0. The van der Waals surface area contributed by atoms with Gasteiger partial charge in [-0.15, -0.1) is 10.2 Å². The van der Waals surface area contributed by atoms with E-state index in [9.17, 15) is 9.59 Å². The van der Waals surface area contributed by atoms with Crippen molar-refractivity contribution in [1.82, 2.24) is 15.5 Å². The van der Waals surface area contributed by atoms with E-state index >= 15 is 0 Å². The SMILES string of the molecule is O=C1NC(=O)[C@H](Cc2nnc(-c3ccccc3)o2)S1. The number of hydrogen-bond donors (Lipinski definition) is 1. The van der Waals surface area contributed by atoms with Crippen LogP contribution in [0.2, 0.25) is 0 Å². The lowest BCUT2D eigenvalue weighted by atomic mass is 10.2. The van der Waals surface area contributed by atoms with Crippen molar-refractivity contribution >= 4 is 22.9 Å². The number of thioether (sulfide) groups is 1. The molecule has 1 aliphatic heterocycles. The van der Waals surface area contributed by atoms with Crippen molar-refractivity contribution in [1.29, 1.82) is 0 Å². The number of carbonyl (C=O) groups is 2. The van der Waals surface area contributed by atoms with Gasteiger partial charge in [-0.25, -0.2) is 0 Å². The number of imide groups is 1. The van der Waals surface area contributed by atoms with Gasteiger partial charge < -0.3 is 4.42 Å². The highest BCUT2D eigenvalue weighted by Crippen LogP contribution is 2.24. The Morgan fingerprint density at radius 3 is 2.68 bits per heavy atom. The fourth-order valence-corrected chi connectivity index (χ4v) is 2.53. The van der Waals surface area contributed by atoms with Crippen LogP contribution in [0.3, 0.4) is 0 Å². The lowest BCUT2D eigenvalue weighted by Crippen LogP contribution is -2.25. The number of nitrogens with zero attached hydrogens (tertiary/aromatic N) is 2. The Hall–Kier alpha value is -2.15. The molecule has 1 aliphatic rings. The first-order valence-electron chi connectivity index (χ1n) is 5.61. The summed E-state index contributed by atoms with van der Waals surface area (Å²) in [5.74, 6) is 0.445. The molecule has 2 amide bonds. The molecule has 7 heteroatoms. The third-order valence-electron chi connectivity index (χ3n) is 2.61. The van der Waals surface area contributed by atoms with Crippen LogP contribution in [0.25, 0.3) is 11.5 Å². The zero-order valence-electron chi connectivity index (χ0n) is 9.70. The highest BCUT2D eigenvalue weighted by molar-refractivity contribution is 8.15. The van der Waals surface area contributed by atoms with Gasteiger partial charge in [0.15, 0.2) is 0 Å². The lowest BCUT2D eigenvalue weighted by molar-refractivity contribution is -0.119. The number of benzene rings is 1. The van der Waals surface area contributed by atoms with Gasteiger partial charge in [-0.05, 0) is 12.1 Å². The highest BCUT2D eigenvalue weighted by Gasteiger charge is 2.33. The Balaban J connectivity index is 1.75. The Morgan fingerprint density at radius 2 is 2.00 bits per heavy atom. The molecule has 0 spiro atoms. The van der Waals surface area contributed by atoms with Crippen LogP contribution >= 0.6 is 11.8 Å². The molecule has 0 aliphatic carbocycles. The van der Waals surface area contributed by atoms with Gasteiger partial charge in [-0.1, -0.05) is 30.0 Å². The predicted octanol–water partition coefficient (Wildman–Crippen LogP) is 1.63. The van der Waals surface area contributed by atoms with Crippen LogP contribution in [0.15, 0.2) is 34.7 Å². The molecule has 0 saturated carbocycles. The van der Waals surface area contributed by atoms with Crippen LogP contribution in [0.4, 0.5) is 4.79 Å². The molecule has 1 fully saturated rings. The van der Waals surface area contributed by atoms with Gasteiger partial charge in [0, 0.05) is 12.0 Å². The lowest BCUT2D eigenvalue weighted by Gasteiger charge is -1.99. The van der Waals surface area contributed by atoms with Gasteiger partial charge in [0.05, 0.1) is 0 Å². The Labute approximate surface area is 112 Å². The number of aromatic nitrogens is 2. The topological polar surface area (TPSA) is 85.1 Å². The summed E-state index contributed by atoms with van der Waals surface area (Å²) in [5, 5.41) is 9.22. The molecule has 1 aromatic carbocycles. The van der Waals surface area contributed by atoms with Crippen molar-refractivity contribution in [3.8, 4) is 11.5 Å². The van der Waals surface area contributed by atoms with Crippen LogP contribution in [0.5, 0.6) is 0 Å². The highest BCUT2D eigenvalue weighted by atomic mass is 32.2. The molecule has 0 bridgehead atoms. The minimum Gasteiger partial charge on any atom is -0.421 e. The maximum absolute atomic E-state index is 11.4. The molecule has 1 aromatic heterocycles. The quantitative estimate of drug-likeness (QED) is 0.916. The van der Waals surface area contributed by atoms with Crippen molar-refractivity contribution in [2.24, 2.45) is 0 Å². The molecular formula is C12H9N3O3S. The number of rotatable bonds is 3. The average molecular weight is 275 g/mol. The molecule has 1 saturated heterocycles. The monoisotopic (exact) mass is 275 g/mol. The van der Waals surface area contributed by atoms with Crippen molar-refractivity contribution in [3.63, 3.8) is 0 Å². The fourth-order valence-electron chi connectivity index (χ4n) is 1.72. The molecular weight excluding hydrogens is 266 g/mol. The second-order valence-corrected chi connectivity index (χ2v) is 5.13. The van der Waals surface area contributed by atoms with E-state index in [0.717, 1.165) is 17.3 Å². The summed E-state index contributed by atoms with van der Waals surface area (Å²) in [4.78, 5) is 22.5. The van der Waals surface area contributed by atoms with Crippen LogP contribution < -0.4 is 5.32 Å². The Morgan fingerprint density at radius 1 is 1.21 bits per heavy atom. The largest absolute Gasteiger partial charge is 0.421 e. The molecule has 1 atom stereocenters. The Bertz CT molecular complexity index is 626. The van der Waals surface area contributed by atoms with E-state index in [2.05, 4.69) is 15.5 Å². The normalized spacial score (nSPS) is 18.6. The number of nitrogens with one attached hydrogen (secondary N) is 1. The van der Waals surface area contributed by atoms with Gasteiger partial charge in [0.2, 0.25) is 17.7 Å². The molecule has 2 heterocycles. The summed E-state index contributed by atoms with van der Waals surface area (Å²) in [6.07, 6.45) is 0.252. The van der Waals surface area contributed by atoms with Crippen LogP contribution in [-0.2, 0) is 11.2 Å². The van der Waals surface area contributed by atoms with Crippen LogP contribution in [0.1, 0.15) is 5.89 Å². The zero-order valence-corrected chi connectivity index (χ0v) is 10.5. The molecule has 6 nitrogen and oxygen atoms in total. The van der Waals surface area contributed by atoms with Gasteiger partial charge in [0.25, 0.3) is 5.24 Å². The second-order valence-electron chi connectivity index (χ2n) is 3.95. The van der Waals surface area contributed by atoms with Gasteiger partial charge in [-0.2, -0.15) is 0 Å².